The van der Waals surface area contributed by atoms with Crippen LogP contribution in [0.2, 0.25) is 0 Å². The van der Waals surface area contributed by atoms with Crippen molar-refractivity contribution >= 4 is 16.1 Å². The van der Waals surface area contributed by atoms with E-state index in [9.17, 15) is 13.2 Å². The Balaban J connectivity index is 1.55. The van der Waals surface area contributed by atoms with Crippen LogP contribution in [0.4, 0.5) is 4.79 Å². The standard InChI is InChI=1S/C20H30N2O5S/c1-26-20(23)22-13-12-18(21-28(2,24)25)19(22)14-27-17-10-8-16(9-11-17)15-6-4-3-5-7-15/h3-7,16-19,21H,8-14H2,1-2H3/t16-,17+,18-,19-/m0/s1. The molecule has 2 aliphatic rings. The van der Waals surface area contributed by atoms with Crippen LogP contribution in [-0.4, -0.2) is 64.1 Å². The maximum absolute atomic E-state index is 12.1. The largest absolute Gasteiger partial charge is 0.453 e. The van der Waals surface area contributed by atoms with Crippen LogP contribution in [0, 0.1) is 0 Å². The van der Waals surface area contributed by atoms with Crippen LogP contribution in [0.3, 0.4) is 0 Å². The van der Waals surface area contributed by atoms with Gasteiger partial charge in [-0.2, -0.15) is 0 Å². The highest BCUT2D eigenvalue weighted by Crippen LogP contribution is 2.34. The van der Waals surface area contributed by atoms with Gasteiger partial charge in [0, 0.05) is 12.6 Å². The number of nitrogens with one attached hydrogen (secondary N) is 1. The molecule has 1 aliphatic heterocycles. The molecule has 2 atom stereocenters. The molecule has 1 heterocycles. The molecule has 1 N–H and O–H groups in total. The molecule has 0 unspecified atom stereocenters. The predicted octanol–water partition coefficient (Wildman–Crippen LogP) is 2.49. The molecule has 1 saturated carbocycles. The van der Waals surface area contributed by atoms with Crippen molar-refractivity contribution in [2.24, 2.45) is 0 Å². The Morgan fingerprint density at radius 3 is 2.43 bits per heavy atom. The molecule has 0 bridgehead atoms. The van der Waals surface area contributed by atoms with Gasteiger partial charge >= 0.3 is 6.09 Å². The fourth-order valence-electron chi connectivity index (χ4n) is 4.34. The van der Waals surface area contributed by atoms with E-state index < -0.39 is 16.1 Å². The number of methoxy groups -OCH3 is 1. The van der Waals surface area contributed by atoms with Crippen molar-refractivity contribution in [3.05, 3.63) is 35.9 Å². The molecule has 0 radical (unpaired) electrons. The number of ether oxygens (including phenoxy) is 2. The summed E-state index contributed by atoms with van der Waals surface area (Å²) in [6.45, 7) is 0.761. The van der Waals surface area contributed by atoms with Crippen LogP contribution in [-0.2, 0) is 19.5 Å². The van der Waals surface area contributed by atoms with Gasteiger partial charge in [-0.1, -0.05) is 30.3 Å². The van der Waals surface area contributed by atoms with Crippen LogP contribution >= 0.6 is 0 Å². The summed E-state index contributed by atoms with van der Waals surface area (Å²) in [5, 5.41) is 0. The topological polar surface area (TPSA) is 84.9 Å². The number of carbonyl (C=O) groups is 1. The molecule has 0 spiro atoms. The Kier molecular flexibility index (Phi) is 6.95. The zero-order chi connectivity index (χ0) is 20.1. The molecule has 1 aromatic rings. The van der Waals surface area contributed by atoms with Crippen LogP contribution < -0.4 is 4.72 Å². The van der Waals surface area contributed by atoms with E-state index in [1.807, 2.05) is 6.07 Å². The molecule has 3 rings (SSSR count). The van der Waals surface area contributed by atoms with Crippen molar-refractivity contribution in [3.63, 3.8) is 0 Å². The number of amides is 1. The fraction of sp³-hybridized carbons (Fsp3) is 0.650. The first kappa shape index (κ1) is 21.1. The quantitative estimate of drug-likeness (QED) is 0.779. The Morgan fingerprint density at radius 2 is 1.82 bits per heavy atom. The first-order valence-corrected chi connectivity index (χ1v) is 11.7. The third-order valence-electron chi connectivity index (χ3n) is 5.77. The Morgan fingerprint density at radius 1 is 1.14 bits per heavy atom. The summed E-state index contributed by atoms with van der Waals surface area (Å²) in [7, 11) is -2.03. The van der Waals surface area contributed by atoms with E-state index in [-0.39, 0.29) is 18.2 Å². The third-order valence-corrected chi connectivity index (χ3v) is 6.50. The van der Waals surface area contributed by atoms with Gasteiger partial charge in [0.25, 0.3) is 0 Å². The highest BCUT2D eigenvalue weighted by molar-refractivity contribution is 7.88. The van der Waals surface area contributed by atoms with Crippen molar-refractivity contribution in [2.75, 3.05) is 26.5 Å². The SMILES string of the molecule is COC(=O)N1CC[C@H](NS(C)(=O)=O)[C@@H]1CO[C@H]1CC[C@@H](c2ccccc2)CC1. The van der Waals surface area contributed by atoms with Crippen LogP contribution in [0.15, 0.2) is 30.3 Å². The molecule has 1 aliphatic carbocycles. The molecular formula is C20H30N2O5S. The Bertz CT molecular complexity index is 747. The van der Waals surface area contributed by atoms with Gasteiger partial charge in [0.15, 0.2) is 0 Å². The first-order chi connectivity index (χ1) is 13.4. The van der Waals surface area contributed by atoms with E-state index in [2.05, 4.69) is 29.0 Å². The second-order valence-electron chi connectivity index (χ2n) is 7.73. The monoisotopic (exact) mass is 410 g/mol. The van der Waals surface area contributed by atoms with E-state index in [1.165, 1.54) is 12.7 Å². The van der Waals surface area contributed by atoms with Gasteiger partial charge in [-0.3, -0.25) is 0 Å². The van der Waals surface area contributed by atoms with Crippen molar-refractivity contribution < 1.29 is 22.7 Å². The van der Waals surface area contributed by atoms with Crippen LogP contribution in [0.5, 0.6) is 0 Å². The minimum atomic E-state index is -3.36. The number of likely N-dealkylation sites (tertiary alicyclic amines) is 1. The van der Waals surface area contributed by atoms with Gasteiger partial charge in [-0.15, -0.1) is 0 Å². The Hall–Kier alpha value is -1.64. The zero-order valence-corrected chi connectivity index (χ0v) is 17.4. The smallest absolute Gasteiger partial charge is 0.409 e. The predicted molar refractivity (Wildman–Crippen MR) is 107 cm³/mol. The van der Waals surface area contributed by atoms with E-state index in [1.54, 1.807) is 4.90 Å². The van der Waals surface area contributed by atoms with Gasteiger partial charge in [0.1, 0.15) is 0 Å². The molecule has 1 saturated heterocycles. The van der Waals surface area contributed by atoms with Gasteiger partial charge in [-0.25, -0.2) is 17.9 Å². The maximum Gasteiger partial charge on any atom is 0.409 e. The lowest BCUT2D eigenvalue weighted by molar-refractivity contribution is -0.00534. The summed E-state index contributed by atoms with van der Waals surface area (Å²) in [5.41, 5.74) is 1.38. The summed E-state index contributed by atoms with van der Waals surface area (Å²) in [5.74, 6) is 0.568. The summed E-state index contributed by atoms with van der Waals surface area (Å²) in [6, 6.07) is 9.85. The van der Waals surface area contributed by atoms with Crippen molar-refractivity contribution in [1.82, 2.24) is 9.62 Å². The van der Waals surface area contributed by atoms with E-state index in [0.717, 1.165) is 31.9 Å². The third kappa shape index (κ3) is 5.46. The second kappa shape index (κ2) is 9.24. The maximum atomic E-state index is 12.1. The highest BCUT2D eigenvalue weighted by atomic mass is 32.2. The molecule has 1 aromatic carbocycles. The van der Waals surface area contributed by atoms with Gasteiger partial charge in [-0.05, 0) is 43.6 Å². The average Bonchev–Trinajstić information content (AvgIpc) is 3.07. The second-order valence-corrected chi connectivity index (χ2v) is 9.51. The molecule has 2 fully saturated rings. The number of rotatable bonds is 6. The first-order valence-electron chi connectivity index (χ1n) is 9.86. The van der Waals surface area contributed by atoms with Gasteiger partial charge in [0.2, 0.25) is 10.0 Å². The van der Waals surface area contributed by atoms with E-state index in [0.29, 0.717) is 25.5 Å². The molecule has 156 valence electrons. The van der Waals surface area contributed by atoms with Crippen molar-refractivity contribution in [2.45, 2.75) is 56.2 Å². The van der Waals surface area contributed by atoms with Crippen LogP contribution in [0.25, 0.3) is 0 Å². The summed E-state index contributed by atoms with van der Waals surface area (Å²) in [4.78, 5) is 13.6. The Labute approximate surface area is 167 Å². The number of carbonyl (C=O) groups excluding carboxylic acids is 1. The minimum absolute atomic E-state index is 0.138. The lowest BCUT2D eigenvalue weighted by Gasteiger charge is -2.32. The molecule has 1 amide bonds. The molecule has 28 heavy (non-hydrogen) atoms. The molecule has 0 aromatic heterocycles. The van der Waals surface area contributed by atoms with Crippen LogP contribution in [0.1, 0.15) is 43.6 Å². The van der Waals surface area contributed by atoms with Gasteiger partial charge in [0.05, 0.1) is 32.1 Å². The minimum Gasteiger partial charge on any atom is -0.453 e. The van der Waals surface area contributed by atoms with E-state index >= 15 is 0 Å². The number of nitrogens with zero attached hydrogens (tertiary/aromatic N) is 1. The molecule has 8 heteroatoms. The molecule has 7 nitrogen and oxygen atoms in total. The lowest BCUT2D eigenvalue weighted by atomic mass is 9.83. The number of benzene rings is 1. The molecular weight excluding hydrogens is 380 g/mol. The number of hydrogen-bond acceptors (Lipinski definition) is 5. The summed E-state index contributed by atoms with van der Waals surface area (Å²) >= 11 is 0. The summed E-state index contributed by atoms with van der Waals surface area (Å²) in [6.07, 6.45) is 5.46. The zero-order valence-electron chi connectivity index (χ0n) is 16.5. The van der Waals surface area contributed by atoms with Gasteiger partial charge < -0.3 is 14.4 Å². The van der Waals surface area contributed by atoms with Crippen molar-refractivity contribution in [3.8, 4) is 0 Å². The highest BCUT2D eigenvalue weighted by Gasteiger charge is 2.39. The summed E-state index contributed by atoms with van der Waals surface area (Å²) < 4.78 is 37.0. The number of hydrogen-bond donors (Lipinski definition) is 1. The number of sulfonamides is 1. The fourth-order valence-corrected chi connectivity index (χ4v) is 5.16. The lowest BCUT2D eigenvalue weighted by Crippen LogP contribution is -2.49. The average molecular weight is 411 g/mol. The van der Waals surface area contributed by atoms with Crippen molar-refractivity contribution in [1.29, 1.82) is 0 Å². The normalized spacial score (nSPS) is 28.3. The van der Waals surface area contributed by atoms with E-state index in [4.69, 9.17) is 9.47 Å².